The highest BCUT2D eigenvalue weighted by Gasteiger charge is 2.11. The quantitative estimate of drug-likeness (QED) is 0.583. The van der Waals surface area contributed by atoms with Gasteiger partial charge in [0.25, 0.3) is 5.91 Å². The zero-order valence-corrected chi connectivity index (χ0v) is 14.7. The maximum absolute atomic E-state index is 12.3. The van der Waals surface area contributed by atoms with E-state index in [0.29, 0.717) is 11.3 Å². The third-order valence-corrected chi connectivity index (χ3v) is 4.08. The molecule has 0 atom stereocenters. The van der Waals surface area contributed by atoms with Gasteiger partial charge in [-0.1, -0.05) is 18.2 Å². The number of anilines is 1. The molecular formula is C20H19N3O4. The minimum absolute atomic E-state index is 0.150. The zero-order chi connectivity index (χ0) is 19.2. The van der Waals surface area contributed by atoms with Crippen molar-refractivity contribution in [1.82, 2.24) is 10.3 Å². The maximum Gasteiger partial charge on any atom is 0.325 e. The molecule has 2 amide bonds. The van der Waals surface area contributed by atoms with Crippen LogP contribution in [0.15, 0.2) is 54.7 Å². The minimum Gasteiger partial charge on any atom is -0.468 e. The van der Waals surface area contributed by atoms with Gasteiger partial charge in [-0.05, 0) is 35.9 Å². The van der Waals surface area contributed by atoms with Crippen LogP contribution < -0.4 is 10.6 Å². The zero-order valence-electron chi connectivity index (χ0n) is 14.7. The molecule has 0 saturated carbocycles. The van der Waals surface area contributed by atoms with Crippen molar-refractivity contribution >= 4 is 34.4 Å². The van der Waals surface area contributed by atoms with E-state index in [0.717, 1.165) is 16.5 Å². The molecule has 2 aromatic carbocycles. The number of aromatic amines is 1. The number of hydrogen-bond donors (Lipinski definition) is 3. The number of nitrogens with one attached hydrogen (secondary N) is 3. The number of esters is 1. The molecule has 27 heavy (non-hydrogen) atoms. The van der Waals surface area contributed by atoms with Crippen LogP contribution in [-0.2, 0) is 20.7 Å². The van der Waals surface area contributed by atoms with E-state index in [9.17, 15) is 14.4 Å². The molecule has 3 aromatic rings. The number of para-hydroxylation sites is 1. The number of benzene rings is 2. The number of carbonyl (C=O) groups is 3. The van der Waals surface area contributed by atoms with Crippen molar-refractivity contribution in [2.45, 2.75) is 6.42 Å². The van der Waals surface area contributed by atoms with Gasteiger partial charge < -0.3 is 20.4 Å². The monoisotopic (exact) mass is 365 g/mol. The first-order chi connectivity index (χ1) is 13.1. The molecule has 3 N–H and O–H groups in total. The summed E-state index contributed by atoms with van der Waals surface area (Å²) in [7, 11) is 1.25. The van der Waals surface area contributed by atoms with Gasteiger partial charge in [-0.2, -0.15) is 0 Å². The minimum atomic E-state index is -0.524. The van der Waals surface area contributed by atoms with Gasteiger partial charge in [-0.25, -0.2) is 0 Å². The number of methoxy groups -OCH3 is 1. The first-order valence-corrected chi connectivity index (χ1v) is 8.37. The largest absolute Gasteiger partial charge is 0.468 e. The van der Waals surface area contributed by atoms with Gasteiger partial charge >= 0.3 is 5.97 Å². The molecule has 0 spiro atoms. The number of carbonyl (C=O) groups excluding carboxylic acids is 3. The lowest BCUT2D eigenvalue weighted by Gasteiger charge is -2.07. The van der Waals surface area contributed by atoms with E-state index in [2.05, 4.69) is 20.4 Å². The van der Waals surface area contributed by atoms with Crippen molar-refractivity contribution < 1.29 is 19.1 Å². The summed E-state index contributed by atoms with van der Waals surface area (Å²) in [6.07, 6.45) is 2.07. The van der Waals surface area contributed by atoms with Gasteiger partial charge in [0, 0.05) is 28.4 Å². The highest BCUT2D eigenvalue weighted by atomic mass is 16.5. The molecule has 3 rings (SSSR count). The lowest BCUT2D eigenvalue weighted by atomic mass is 10.1. The molecule has 0 radical (unpaired) electrons. The van der Waals surface area contributed by atoms with Gasteiger partial charge in [0.1, 0.15) is 6.54 Å². The van der Waals surface area contributed by atoms with Crippen LogP contribution in [-0.4, -0.2) is 36.4 Å². The van der Waals surface area contributed by atoms with Crippen molar-refractivity contribution in [3.05, 3.63) is 65.9 Å². The number of ether oxygens (including phenoxy) is 1. The summed E-state index contributed by atoms with van der Waals surface area (Å²) >= 11 is 0. The van der Waals surface area contributed by atoms with Crippen LogP contribution in [0.3, 0.4) is 0 Å². The van der Waals surface area contributed by atoms with Crippen LogP contribution in [0.2, 0.25) is 0 Å². The molecule has 1 aromatic heterocycles. The Hall–Kier alpha value is -3.61. The van der Waals surface area contributed by atoms with Crippen molar-refractivity contribution in [1.29, 1.82) is 0 Å². The fraction of sp³-hybridized carbons (Fsp3) is 0.150. The SMILES string of the molecule is COC(=O)CNC(=O)c1ccc(NC(=O)Cc2c[nH]c3ccccc23)cc1. The smallest absolute Gasteiger partial charge is 0.325 e. The van der Waals surface area contributed by atoms with Crippen LogP contribution in [0.1, 0.15) is 15.9 Å². The van der Waals surface area contributed by atoms with E-state index in [1.165, 1.54) is 7.11 Å². The molecule has 0 bridgehead atoms. The van der Waals surface area contributed by atoms with E-state index in [4.69, 9.17) is 0 Å². The van der Waals surface area contributed by atoms with E-state index in [1.54, 1.807) is 24.3 Å². The van der Waals surface area contributed by atoms with E-state index < -0.39 is 11.9 Å². The highest BCUT2D eigenvalue weighted by Crippen LogP contribution is 2.19. The predicted molar refractivity (Wildman–Crippen MR) is 101 cm³/mol. The summed E-state index contributed by atoms with van der Waals surface area (Å²) in [6.45, 7) is -0.196. The predicted octanol–water partition coefficient (Wildman–Crippen LogP) is 2.25. The number of fused-ring (bicyclic) bond motifs is 1. The van der Waals surface area contributed by atoms with Crippen molar-refractivity contribution in [2.24, 2.45) is 0 Å². The summed E-state index contributed by atoms with van der Waals surface area (Å²) < 4.78 is 4.47. The molecule has 0 saturated heterocycles. The van der Waals surface area contributed by atoms with Gasteiger partial charge in [0.15, 0.2) is 0 Å². The maximum atomic E-state index is 12.3. The van der Waals surface area contributed by atoms with Gasteiger partial charge in [0.2, 0.25) is 5.91 Å². The Morgan fingerprint density at radius 2 is 1.78 bits per heavy atom. The third-order valence-electron chi connectivity index (χ3n) is 4.08. The molecule has 0 aliphatic heterocycles. The van der Waals surface area contributed by atoms with Crippen LogP contribution in [0, 0.1) is 0 Å². The molecule has 7 heteroatoms. The van der Waals surface area contributed by atoms with E-state index in [-0.39, 0.29) is 18.9 Å². The van der Waals surface area contributed by atoms with Crippen molar-refractivity contribution in [2.75, 3.05) is 19.0 Å². The Morgan fingerprint density at radius 3 is 2.52 bits per heavy atom. The summed E-state index contributed by atoms with van der Waals surface area (Å²) in [5, 5.41) is 6.28. The molecule has 0 aliphatic rings. The molecule has 0 aliphatic carbocycles. The van der Waals surface area contributed by atoms with Crippen LogP contribution in [0.25, 0.3) is 10.9 Å². The second kappa shape index (κ2) is 8.18. The Labute approximate surface area is 155 Å². The molecule has 0 unspecified atom stereocenters. The molecule has 138 valence electrons. The number of H-pyrrole nitrogens is 1. The molecule has 7 nitrogen and oxygen atoms in total. The summed E-state index contributed by atoms with van der Waals surface area (Å²) in [4.78, 5) is 38.4. The standard InChI is InChI=1S/C20H19N3O4/c1-27-19(25)12-22-20(26)13-6-8-15(9-7-13)23-18(24)10-14-11-21-17-5-3-2-4-16(14)17/h2-9,11,21H,10,12H2,1H3,(H,22,26)(H,23,24). The number of hydrogen-bond acceptors (Lipinski definition) is 4. The average Bonchev–Trinajstić information content (AvgIpc) is 3.09. The van der Waals surface area contributed by atoms with Crippen molar-refractivity contribution in [3.8, 4) is 0 Å². The summed E-state index contributed by atoms with van der Waals surface area (Å²) in [5.74, 6) is -1.07. The summed E-state index contributed by atoms with van der Waals surface area (Å²) in [6, 6.07) is 14.2. The van der Waals surface area contributed by atoms with E-state index >= 15 is 0 Å². The first-order valence-electron chi connectivity index (χ1n) is 8.37. The first kappa shape index (κ1) is 18.2. The second-order valence-corrected chi connectivity index (χ2v) is 5.92. The Morgan fingerprint density at radius 1 is 1.04 bits per heavy atom. The highest BCUT2D eigenvalue weighted by molar-refractivity contribution is 5.98. The fourth-order valence-corrected chi connectivity index (χ4v) is 2.69. The average molecular weight is 365 g/mol. The fourth-order valence-electron chi connectivity index (χ4n) is 2.69. The second-order valence-electron chi connectivity index (χ2n) is 5.92. The summed E-state index contributed by atoms with van der Waals surface area (Å²) in [5.41, 5.74) is 2.88. The molecular weight excluding hydrogens is 346 g/mol. The Kier molecular flexibility index (Phi) is 5.51. The lowest BCUT2D eigenvalue weighted by Crippen LogP contribution is -2.30. The number of amides is 2. The Bertz CT molecular complexity index is 976. The normalized spacial score (nSPS) is 10.4. The lowest BCUT2D eigenvalue weighted by molar-refractivity contribution is -0.139. The third kappa shape index (κ3) is 4.52. The molecule has 0 fully saturated rings. The Balaban J connectivity index is 1.58. The van der Waals surface area contributed by atoms with Gasteiger partial charge in [-0.15, -0.1) is 0 Å². The van der Waals surface area contributed by atoms with E-state index in [1.807, 2.05) is 30.5 Å². The van der Waals surface area contributed by atoms with Crippen LogP contribution >= 0.6 is 0 Å². The topological polar surface area (TPSA) is 100 Å². The van der Waals surface area contributed by atoms with Crippen molar-refractivity contribution in [3.63, 3.8) is 0 Å². The van der Waals surface area contributed by atoms with Gasteiger partial charge in [0.05, 0.1) is 13.5 Å². The molecule has 1 heterocycles. The number of aromatic nitrogens is 1. The van der Waals surface area contributed by atoms with Crippen LogP contribution in [0.5, 0.6) is 0 Å². The van der Waals surface area contributed by atoms with Crippen LogP contribution in [0.4, 0.5) is 5.69 Å². The number of rotatable bonds is 6. The van der Waals surface area contributed by atoms with Gasteiger partial charge in [-0.3, -0.25) is 14.4 Å².